The molecule has 2 aromatic rings. The summed E-state index contributed by atoms with van der Waals surface area (Å²) in [5.41, 5.74) is 2.12. The van der Waals surface area contributed by atoms with E-state index in [1.54, 1.807) is 6.07 Å². The van der Waals surface area contributed by atoms with E-state index in [9.17, 15) is 9.59 Å². The van der Waals surface area contributed by atoms with E-state index in [1.165, 1.54) is 0 Å². The van der Waals surface area contributed by atoms with Crippen molar-refractivity contribution < 1.29 is 4.79 Å². The molecule has 0 saturated heterocycles. The third-order valence-electron chi connectivity index (χ3n) is 2.83. The van der Waals surface area contributed by atoms with Crippen LogP contribution in [0.25, 0.3) is 11.0 Å². The van der Waals surface area contributed by atoms with Gasteiger partial charge >= 0.3 is 5.69 Å². The van der Waals surface area contributed by atoms with Gasteiger partial charge in [-0.25, -0.2) is 4.79 Å². The van der Waals surface area contributed by atoms with Gasteiger partial charge in [-0.3, -0.25) is 4.79 Å². The van der Waals surface area contributed by atoms with Gasteiger partial charge in [0.25, 0.3) is 0 Å². The number of aromatic nitrogens is 2. The number of hydrogen-bond acceptors (Lipinski definition) is 3. The quantitative estimate of drug-likeness (QED) is 0.713. The fourth-order valence-electron chi connectivity index (χ4n) is 1.86. The van der Waals surface area contributed by atoms with Crippen molar-refractivity contribution in [1.29, 1.82) is 0 Å². The minimum Gasteiger partial charge on any atom is -0.355 e. The number of benzene rings is 1. The molecule has 0 aliphatic carbocycles. The first-order valence-corrected chi connectivity index (χ1v) is 6.17. The molecule has 1 heterocycles. The zero-order chi connectivity index (χ0) is 13.8. The van der Waals surface area contributed by atoms with Crippen molar-refractivity contribution in [3.8, 4) is 0 Å². The number of H-pyrrole nitrogens is 2. The van der Waals surface area contributed by atoms with Gasteiger partial charge in [0.2, 0.25) is 5.91 Å². The van der Waals surface area contributed by atoms with Gasteiger partial charge < -0.3 is 20.2 Å². The van der Waals surface area contributed by atoms with Gasteiger partial charge in [-0.2, -0.15) is 0 Å². The Labute approximate surface area is 110 Å². The SMILES string of the molecule is CN(C)CCNC(=O)Cc1ccc2[nH]c(=O)[nH]c2c1. The van der Waals surface area contributed by atoms with Gasteiger partial charge in [0.15, 0.2) is 0 Å². The van der Waals surface area contributed by atoms with Crippen LogP contribution in [0.15, 0.2) is 23.0 Å². The second kappa shape index (κ2) is 5.71. The van der Waals surface area contributed by atoms with Crippen LogP contribution < -0.4 is 11.0 Å². The third-order valence-corrected chi connectivity index (χ3v) is 2.83. The summed E-state index contributed by atoms with van der Waals surface area (Å²) in [5.74, 6) is -0.0147. The molecule has 0 aliphatic heterocycles. The van der Waals surface area contributed by atoms with E-state index in [2.05, 4.69) is 15.3 Å². The Morgan fingerprint density at radius 2 is 2.00 bits per heavy atom. The zero-order valence-electron chi connectivity index (χ0n) is 11.1. The summed E-state index contributed by atoms with van der Waals surface area (Å²) in [5, 5.41) is 2.86. The fourth-order valence-corrected chi connectivity index (χ4v) is 1.86. The standard InChI is InChI=1S/C13H18N4O2/c1-17(2)6-5-14-12(18)8-9-3-4-10-11(7-9)16-13(19)15-10/h3-4,7H,5-6,8H2,1-2H3,(H,14,18)(H2,15,16,19). The highest BCUT2D eigenvalue weighted by Gasteiger charge is 2.05. The van der Waals surface area contributed by atoms with E-state index >= 15 is 0 Å². The number of amides is 1. The molecule has 3 N–H and O–H groups in total. The first-order valence-electron chi connectivity index (χ1n) is 6.17. The minimum absolute atomic E-state index is 0.0147. The molecule has 0 radical (unpaired) electrons. The Kier molecular flexibility index (Phi) is 4.01. The van der Waals surface area contributed by atoms with E-state index in [-0.39, 0.29) is 11.6 Å². The Morgan fingerprint density at radius 1 is 1.26 bits per heavy atom. The Morgan fingerprint density at radius 3 is 2.74 bits per heavy atom. The van der Waals surface area contributed by atoms with Crippen LogP contribution in [-0.4, -0.2) is 48.0 Å². The van der Waals surface area contributed by atoms with Crippen LogP contribution in [0.2, 0.25) is 0 Å². The third kappa shape index (κ3) is 3.69. The smallest absolute Gasteiger partial charge is 0.323 e. The topological polar surface area (TPSA) is 81.0 Å². The number of rotatable bonds is 5. The highest BCUT2D eigenvalue weighted by molar-refractivity contribution is 5.81. The van der Waals surface area contributed by atoms with Crippen LogP contribution in [-0.2, 0) is 11.2 Å². The molecule has 6 nitrogen and oxygen atoms in total. The van der Waals surface area contributed by atoms with Crippen LogP contribution in [0.5, 0.6) is 0 Å². The molecule has 0 aliphatic rings. The van der Waals surface area contributed by atoms with Gasteiger partial charge in [0.05, 0.1) is 17.5 Å². The number of hydrogen-bond donors (Lipinski definition) is 3. The molecule has 0 atom stereocenters. The Balaban J connectivity index is 1.96. The molecule has 0 spiro atoms. The van der Waals surface area contributed by atoms with Gasteiger partial charge in [-0.05, 0) is 31.8 Å². The lowest BCUT2D eigenvalue weighted by atomic mass is 10.1. The number of nitrogens with one attached hydrogen (secondary N) is 3. The molecule has 2 rings (SSSR count). The molecule has 0 fully saturated rings. The largest absolute Gasteiger partial charge is 0.355 e. The molecule has 6 heteroatoms. The molecule has 0 unspecified atom stereocenters. The van der Waals surface area contributed by atoms with Crippen molar-refractivity contribution in [3.05, 3.63) is 34.2 Å². The summed E-state index contributed by atoms with van der Waals surface area (Å²) >= 11 is 0. The lowest BCUT2D eigenvalue weighted by Gasteiger charge is -2.10. The zero-order valence-corrected chi connectivity index (χ0v) is 11.1. The maximum absolute atomic E-state index is 11.7. The van der Waals surface area contributed by atoms with Crippen LogP contribution in [0, 0.1) is 0 Å². The highest BCUT2D eigenvalue weighted by Crippen LogP contribution is 2.10. The van der Waals surface area contributed by atoms with Gasteiger partial charge in [0.1, 0.15) is 0 Å². The Hall–Kier alpha value is -2.08. The van der Waals surface area contributed by atoms with Crippen molar-refractivity contribution >= 4 is 16.9 Å². The van der Waals surface area contributed by atoms with Crippen LogP contribution in [0.3, 0.4) is 0 Å². The highest BCUT2D eigenvalue weighted by atomic mass is 16.1. The van der Waals surface area contributed by atoms with Crippen LogP contribution in [0.4, 0.5) is 0 Å². The molecular formula is C13H18N4O2. The van der Waals surface area contributed by atoms with E-state index in [4.69, 9.17) is 0 Å². The van der Waals surface area contributed by atoms with Crippen LogP contribution in [0.1, 0.15) is 5.56 Å². The number of nitrogens with zero attached hydrogens (tertiary/aromatic N) is 1. The minimum atomic E-state index is -0.234. The molecule has 1 aromatic carbocycles. The molecular weight excluding hydrogens is 244 g/mol. The average Bonchev–Trinajstić information content (AvgIpc) is 2.67. The monoisotopic (exact) mass is 262 g/mol. The number of aromatic amines is 2. The second-order valence-electron chi connectivity index (χ2n) is 4.79. The molecule has 19 heavy (non-hydrogen) atoms. The first-order chi connectivity index (χ1) is 9.04. The molecule has 0 bridgehead atoms. The predicted molar refractivity (Wildman–Crippen MR) is 74.2 cm³/mol. The van der Waals surface area contributed by atoms with E-state index in [0.29, 0.717) is 13.0 Å². The lowest BCUT2D eigenvalue weighted by molar-refractivity contribution is -0.120. The fraction of sp³-hybridized carbons (Fsp3) is 0.385. The first kappa shape index (κ1) is 13.4. The van der Waals surface area contributed by atoms with Crippen molar-refractivity contribution in [2.75, 3.05) is 27.2 Å². The maximum Gasteiger partial charge on any atom is 0.323 e. The summed E-state index contributed by atoms with van der Waals surface area (Å²) in [4.78, 5) is 30.2. The van der Waals surface area contributed by atoms with Crippen molar-refractivity contribution in [2.24, 2.45) is 0 Å². The summed E-state index contributed by atoms with van der Waals surface area (Å²) in [6.45, 7) is 1.45. The van der Waals surface area contributed by atoms with E-state index in [0.717, 1.165) is 23.1 Å². The summed E-state index contributed by atoms with van der Waals surface area (Å²) in [6, 6.07) is 5.46. The van der Waals surface area contributed by atoms with Crippen molar-refractivity contribution in [1.82, 2.24) is 20.2 Å². The van der Waals surface area contributed by atoms with Gasteiger partial charge in [-0.15, -0.1) is 0 Å². The average molecular weight is 262 g/mol. The Bertz CT molecular complexity index is 627. The predicted octanol–water partition coefficient (Wildman–Crippen LogP) is 0.0765. The number of carbonyl (C=O) groups is 1. The molecule has 1 amide bonds. The molecule has 102 valence electrons. The van der Waals surface area contributed by atoms with Gasteiger partial charge in [0, 0.05) is 13.1 Å². The number of imidazole rings is 1. The lowest BCUT2D eigenvalue weighted by Crippen LogP contribution is -2.32. The normalized spacial score (nSPS) is 11.1. The second-order valence-corrected chi connectivity index (χ2v) is 4.79. The van der Waals surface area contributed by atoms with Gasteiger partial charge in [-0.1, -0.05) is 6.07 Å². The summed E-state index contributed by atoms with van der Waals surface area (Å²) in [6.07, 6.45) is 0.316. The molecule has 1 aromatic heterocycles. The van der Waals surface area contributed by atoms with E-state index in [1.807, 2.05) is 31.1 Å². The van der Waals surface area contributed by atoms with Crippen molar-refractivity contribution in [2.45, 2.75) is 6.42 Å². The van der Waals surface area contributed by atoms with Crippen LogP contribution >= 0.6 is 0 Å². The number of carbonyl (C=O) groups excluding carboxylic acids is 1. The van der Waals surface area contributed by atoms with Crippen molar-refractivity contribution in [3.63, 3.8) is 0 Å². The summed E-state index contributed by atoms with van der Waals surface area (Å²) < 4.78 is 0. The number of likely N-dealkylation sites (N-methyl/N-ethyl adjacent to an activating group) is 1. The summed E-state index contributed by atoms with van der Waals surface area (Å²) in [7, 11) is 3.92. The maximum atomic E-state index is 11.7. The number of fused-ring (bicyclic) bond motifs is 1. The van der Waals surface area contributed by atoms with E-state index < -0.39 is 0 Å². The molecule has 0 saturated carbocycles.